The molecule has 7 nitrogen and oxygen atoms in total. The van der Waals surface area contributed by atoms with Crippen molar-refractivity contribution in [1.29, 1.82) is 0 Å². The second-order valence-corrected chi connectivity index (χ2v) is 7.76. The first kappa shape index (κ1) is 20.3. The van der Waals surface area contributed by atoms with Crippen LogP contribution in [0, 0.1) is 17.0 Å². The summed E-state index contributed by atoms with van der Waals surface area (Å²) in [6, 6.07) is 9.51. The molecule has 0 aromatic heterocycles. The van der Waals surface area contributed by atoms with Gasteiger partial charge in [0.15, 0.2) is 0 Å². The number of hydrogen-bond acceptors (Lipinski definition) is 5. The van der Waals surface area contributed by atoms with Crippen LogP contribution in [0.25, 0.3) is 0 Å². The molecule has 2 aromatic rings. The van der Waals surface area contributed by atoms with E-state index in [1.54, 1.807) is 12.1 Å². The molecule has 140 valence electrons. The van der Waals surface area contributed by atoms with Crippen molar-refractivity contribution < 1.29 is 18.1 Å². The SMILES string of the molecule is CCOCc1ccc(CNS(=O)(=O)c2cc(Cl)c(C)c([N+](=O)[O-])c2)cc1. The third kappa shape index (κ3) is 5.01. The minimum Gasteiger partial charge on any atom is -0.377 e. The third-order valence-corrected chi connectivity index (χ3v) is 5.53. The van der Waals surface area contributed by atoms with Crippen molar-refractivity contribution in [3.8, 4) is 0 Å². The predicted octanol–water partition coefficient (Wildman–Crippen LogP) is 3.57. The Bertz CT molecular complexity index is 898. The molecule has 0 radical (unpaired) electrons. The summed E-state index contributed by atoms with van der Waals surface area (Å²) in [5.74, 6) is 0. The summed E-state index contributed by atoms with van der Waals surface area (Å²) in [5, 5.41) is 11.1. The molecule has 0 saturated carbocycles. The summed E-state index contributed by atoms with van der Waals surface area (Å²) in [7, 11) is -3.94. The average Bonchev–Trinajstić information content (AvgIpc) is 2.61. The molecule has 26 heavy (non-hydrogen) atoms. The predicted molar refractivity (Wildman–Crippen MR) is 98.6 cm³/mol. The van der Waals surface area contributed by atoms with Gasteiger partial charge < -0.3 is 4.74 Å². The highest BCUT2D eigenvalue weighted by molar-refractivity contribution is 7.89. The standard InChI is InChI=1S/C17H19ClN2O5S/c1-3-25-11-14-6-4-13(5-7-14)10-19-26(23,24)15-8-16(18)12(2)17(9-15)20(21)22/h4-9,19H,3,10-11H2,1-2H3. The van der Waals surface area contributed by atoms with E-state index < -0.39 is 14.9 Å². The molecule has 0 saturated heterocycles. The zero-order valence-electron chi connectivity index (χ0n) is 14.4. The second-order valence-electron chi connectivity index (χ2n) is 5.58. The van der Waals surface area contributed by atoms with Gasteiger partial charge in [-0.3, -0.25) is 10.1 Å². The number of hydrogen-bond donors (Lipinski definition) is 1. The van der Waals surface area contributed by atoms with Crippen molar-refractivity contribution in [1.82, 2.24) is 4.72 Å². The quantitative estimate of drug-likeness (QED) is 0.541. The zero-order chi connectivity index (χ0) is 19.3. The first-order chi connectivity index (χ1) is 12.2. The minimum absolute atomic E-state index is 0.0276. The van der Waals surface area contributed by atoms with Crippen LogP contribution in [0.5, 0.6) is 0 Å². The molecule has 0 aliphatic rings. The van der Waals surface area contributed by atoms with Gasteiger partial charge in [0.25, 0.3) is 5.69 Å². The number of sulfonamides is 1. The van der Waals surface area contributed by atoms with Gasteiger partial charge in [0.2, 0.25) is 10.0 Å². The van der Waals surface area contributed by atoms with E-state index in [1.807, 2.05) is 19.1 Å². The molecule has 0 fully saturated rings. The van der Waals surface area contributed by atoms with E-state index in [1.165, 1.54) is 13.0 Å². The van der Waals surface area contributed by atoms with Gasteiger partial charge in [0.1, 0.15) is 0 Å². The Morgan fingerprint density at radius 1 is 1.19 bits per heavy atom. The molecule has 2 rings (SSSR count). The highest BCUT2D eigenvalue weighted by Crippen LogP contribution is 2.29. The van der Waals surface area contributed by atoms with Crippen molar-refractivity contribution in [3.05, 3.63) is 68.2 Å². The molecule has 9 heteroatoms. The van der Waals surface area contributed by atoms with Crippen LogP contribution in [0.3, 0.4) is 0 Å². The molecule has 0 unspecified atom stereocenters. The monoisotopic (exact) mass is 398 g/mol. The summed E-state index contributed by atoms with van der Waals surface area (Å²) in [5.41, 5.74) is 1.62. The van der Waals surface area contributed by atoms with Crippen LogP contribution in [-0.2, 0) is 27.9 Å². The average molecular weight is 399 g/mol. The molecule has 0 bridgehead atoms. The maximum atomic E-state index is 12.4. The number of nitrogens with zero attached hydrogens (tertiary/aromatic N) is 1. The lowest BCUT2D eigenvalue weighted by Crippen LogP contribution is -2.23. The van der Waals surface area contributed by atoms with Crippen LogP contribution in [0.4, 0.5) is 5.69 Å². The third-order valence-electron chi connectivity index (χ3n) is 3.76. The number of nitro benzene ring substituents is 1. The molecular weight excluding hydrogens is 380 g/mol. The van der Waals surface area contributed by atoms with Crippen LogP contribution in [0.1, 0.15) is 23.6 Å². The molecular formula is C17H19ClN2O5S. The lowest BCUT2D eigenvalue weighted by molar-refractivity contribution is -0.385. The highest BCUT2D eigenvalue weighted by Gasteiger charge is 2.22. The van der Waals surface area contributed by atoms with Gasteiger partial charge in [-0.1, -0.05) is 35.9 Å². The number of halogens is 1. The Hall–Kier alpha value is -2.00. The van der Waals surface area contributed by atoms with Crippen molar-refractivity contribution in [2.24, 2.45) is 0 Å². The van der Waals surface area contributed by atoms with Gasteiger partial charge in [-0.05, 0) is 31.0 Å². The number of rotatable bonds is 8. The minimum atomic E-state index is -3.94. The lowest BCUT2D eigenvalue weighted by atomic mass is 10.1. The van der Waals surface area contributed by atoms with Crippen LogP contribution < -0.4 is 4.72 Å². The fraction of sp³-hybridized carbons (Fsp3) is 0.294. The fourth-order valence-corrected chi connectivity index (χ4v) is 3.56. The number of nitro groups is 1. The molecule has 2 aromatic carbocycles. The molecule has 0 aliphatic carbocycles. The number of nitrogens with one attached hydrogen (secondary N) is 1. The maximum absolute atomic E-state index is 12.4. The normalized spacial score (nSPS) is 11.5. The molecule has 0 spiro atoms. The fourth-order valence-electron chi connectivity index (χ4n) is 2.22. The first-order valence-corrected chi connectivity index (χ1v) is 9.70. The highest BCUT2D eigenvalue weighted by atomic mass is 35.5. The summed E-state index contributed by atoms with van der Waals surface area (Å²) in [6.45, 7) is 4.54. The molecule has 0 aliphatic heterocycles. The first-order valence-electron chi connectivity index (χ1n) is 7.84. The second kappa shape index (κ2) is 8.59. The van der Waals surface area contributed by atoms with E-state index in [0.717, 1.165) is 17.2 Å². The van der Waals surface area contributed by atoms with Crippen LogP contribution in [0.2, 0.25) is 5.02 Å². The van der Waals surface area contributed by atoms with Gasteiger partial charge in [-0.15, -0.1) is 0 Å². The van der Waals surface area contributed by atoms with E-state index in [0.29, 0.717) is 13.2 Å². The molecule has 1 N–H and O–H groups in total. The molecule has 0 heterocycles. The van der Waals surface area contributed by atoms with Crippen LogP contribution >= 0.6 is 11.6 Å². The van der Waals surface area contributed by atoms with Crippen molar-refractivity contribution in [2.75, 3.05) is 6.61 Å². The Morgan fingerprint density at radius 2 is 1.81 bits per heavy atom. The summed E-state index contributed by atoms with van der Waals surface area (Å²) in [6.07, 6.45) is 0. The summed E-state index contributed by atoms with van der Waals surface area (Å²) < 4.78 is 32.6. The van der Waals surface area contributed by atoms with E-state index >= 15 is 0 Å². The van der Waals surface area contributed by atoms with Crippen molar-refractivity contribution in [2.45, 2.75) is 31.9 Å². The van der Waals surface area contributed by atoms with E-state index in [4.69, 9.17) is 16.3 Å². The lowest BCUT2D eigenvalue weighted by Gasteiger charge is -2.09. The Labute approximate surface area is 157 Å². The molecule has 0 amide bonds. The van der Waals surface area contributed by atoms with Gasteiger partial charge in [0, 0.05) is 24.8 Å². The van der Waals surface area contributed by atoms with Crippen molar-refractivity contribution in [3.63, 3.8) is 0 Å². The van der Waals surface area contributed by atoms with E-state index in [9.17, 15) is 18.5 Å². The van der Waals surface area contributed by atoms with Gasteiger partial charge in [-0.2, -0.15) is 0 Å². The van der Waals surface area contributed by atoms with E-state index in [2.05, 4.69) is 4.72 Å². The Morgan fingerprint density at radius 3 is 2.38 bits per heavy atom. The topological polar surface area (TPSA) is 98.5 Å². The zero-order valence-corrected chi connectivity index (χ0v) is 15.9. The maximum Gasteiger partial charge on any atom is 0.275 e. The van der Waals surface area contributed by atoms with Gasteiger partial charge in [-0.25, -0.2) is 13.1 Å². The number of ether oxygens (including phenoxy) is 1. The Kier molecular flexibility index (Phi) is 6.71. The largest absolute Gasteiger partial charge is 0.377 e. The molecule has 0 atom stereocenters. The summed E-state index contributed by atoms with van der Waals surface area (Å²) >= 11 is 5.94. The van der Waals surface area contributed by atoms with Crippen LogP contribution in [0.15, 0.2) is 41.3 Å². The summed E-state index contributed by atoms with van der Waals surface area (Å²) in [4.78, 5) is 10.2. The van der Waals surface area contributed by atoms with E-state index in [-0.39, 0.29) is 27.7 Å². The van der Waals surface area contributed by atoms with Gasteiger partial charge in [0.05, 0.1) is 21.4 Å². The van der Waals surface area contributed by atoms with Gasteiger partial charge >= 0.3 is 0 Å². The Balaban J connectivity index is 2.15. The number of benzene rings is 2. The van der Waals surface area contributed by atoms with Crippen molar-refractivity contribution >= 4 is 27.3 Å². The van der Waals surface area contributed by atoms with Crippen LogP contribution in [-0.4, -0.2) is 19.9 Å². The smallest absolute Gasteiger partial charge is 0.275 e.